The zero-order valence-electron chi connectivity index (χ0n) is 36.4. The number of rotatable bonds is 14. The van der Waals surface area contributed by atoms with Crippen LogP contribution in [0, 0.1) is 0 Å². The molecule has 4 amide bonds. The molecule has 6 rings (SSSR count). The molecule has 2 aromatic carbocycles. The van der Waals surface area contributed by atoms with Crippen LogP contribution in [-0.4, -0.2) is 90.4 Å². The molecule has 3 aliphatic heterocycles. The van der Waals surface area contributed by atoms with Crippen LogP contribution in [0.4, 0.5) is 4.79 Å². The molecular weight excluding hydrogens is 811 g/mol. The number of carbonyl (C=O) groups excluding carboxylic acids is 5. The summed E-state index contributed by atoms with van der Waals surface area (Å²) in [6.45, 7) is 18.0. The van der Waals surface area contributed by atoms with Gasteiger partial charge in [-0.15, -0.1) is 11.8 Å². The molecule has 0 unspecified atom stereocenters. The summed E-state index contributed by atoms with van der Waals surface area (Å²) >= 11 is 1.39. The van der Waals surface area contributed by atoms with Gasteiger partial charge in [0, 0.05) is 43.1 Å². The quantitative estimate of drug-likeness (QED) is 0.0486. The standard InChI is InChI=1S/C46H57N5O8SSi/c1-45(2,3)59-44(56)48-37-41(54)51-38(43(55)58-39(32-15-11-9-12-16-32)33-17-13-10-14-18-33)35(30-60-42(37)51)27-34-21-25-50(40(34)53)28-31-19-23-49(24-20-31)29-36(52)47-22-26-57-61(7,8)46(4,5)6/h9-20,23-24,27,37,39,42H,21-22,25-26,28-30H2,1-8H3,(H-,47,48,52,56)/p+1/b34-27+/t37-,42-/m1/s1. The first kappa shape index (κ1) is 45.3. The first-order chi connectivity index (χ1) is 28.8. The van der Waals surface area contributed by atoms with Gasteiger partial charge in [0.2, 0.25) is 12.5 Å². The maximum Gasteiger partial charge on any atom is 0.408 e. The number of nitrogens with one attached hydrogen (secondary N) is 2. The Bertz CT molecular complexity index is 2130. The third-order valence-corrected chi connectivity index (χ3v) is 17.0. The highest BCUT2D eigenvalue weighted by molar-refractivity contribution is 8.00. The summed E-state index contributed by atoms with van der Waals surface area (Å²) in [5.74, 6) is -1.19. The molecule has 2 atom stereocenters. The van der Waals surface area contributed by atoms with Crippen LogP contribution in [0.5, 0.6) is 0 Å². The monoisotopic (exact) mass is 868 g/mol. The number of alkyl carbamates (subject to hydrolysis) is 1. The molecule has 2 fully saturated rings. The summed E-state index contributed by atoms with van der Waals surface area (Å²) in [4.78, 5) is 70.6. The Balaban J connectivity index is 1.16. The van der Waals surface area contributed by atoms with Crippen LogP contribution in [0.25, 0.3) is 0 Å². The van der Waals surface area contributed by atoms with E-state index < -0.39 is 49.4 Å². The van der Waals surface area contributed by atoms with Gasteiger partial charge in [0.25, 0.3) is 11.8 Å². The molecule has 13 nitrogen and oxygen atoms in total. The van der Waals surface area contributed by atoms with Crippen LogP contribution in [0.1, 0.15) is 70.8 Å². The Hall–Kier alpha value is -5.25. The number of benzene rings is 2. The number of pyridine rings is 1. The minimum Gasteiger partial charge on any atom is -0.448 e. The van der Waals surface area contributed by atoms with Gasteiger partial charge in [-0.2, -0.15) is 4.57 Å². The van der Waals surface area contributed by atoms with Crippen molar-refractivity contribution in [1.29, 1.82) is 0 Å². The second-order valence-electron chi connectivity index (χ2n) is 18.0. The van der Waals surface area contributed by atoms with Gasteiger partial charge in [0.15, 0.2) is 26.8 Å². The van der Waals surface area contributed by atoms with E-state index in [1.807, 2.05) is 85.2 Å². The number of hydrogen-bond acceptors (Lipinski definition) is 9. The van der Waals surface area contributed by atoms with E-state index in [0.717, 1.165) is 16.7 Å². The van der Waals surface area contributed by atoms with Gasteiger partial charge < -0.3 is 29.4 Å². The van der Waals surface area contributed by atoms with Crippen molar-refractivity contribution in [3.8, 4) is 0 Å². The first-order valence-corrected chi connectivity index (χ1v) is 24.6. The van der Waals surface area contributed by atoms with Crippen molar-refractivity contribution in [2.24, 2.45) is 0 Å². The van der Waals surface area contributed by atoms with Crippen LogP contribution in [0.15, 0.2) is 108 Å². The number of aromatic nitrogens is 1. The highest BCUT2D eigenvalue weighted by atomic mass is 32.2. The lowest BCUT2D eigenvalue weighted by molar-refractivity contribution is -0.684. The minimum atomic E-state index is -1.89. The zero-order valence-corrected chi connectivity index (χ0v) is 38.2. The van der Waals surface area contributed by atoms with E-state index in [4.69, 9.17) is 13.9 Å². The van der Waals surface area contributed by atoms with Gasteiger partial charge in [0.1, 0.15) is 22.7 Å². The molecule has 0 bridgehead atoms. The molecule has 61 heavy (non-hydrogen) atoms. The topological polar surface area (TPSA) is 147 Å². The van der Waals surface area contributed by atoms with Crippen molar-refractivity contribution in [2.75, 3.05) is 25.4 Å². The van der Waals surface area contributed by atoms with Crippen molar-refractivity contribution in [3.63, 3.8) is 0 Å². The molecule has 15 heteroatoms. The number of fused-ring (bicyclic) bond motifs is 1. The van der Waals surface area contributed by atoms with Gasteiger partial charge in [0.05, 0.1) is 6.61 Å². The lowest BCUT2D eigenvalue weighted by atomic mass is 10.00. The molecule has 4 heterocycles. The number of nitrogens with zero attached hydrogens (tertiary/aromatic N) is 3. The second-order valence-corrected chi connectivity index (χ2v) is 23.9. The minimum absolute atomic E-state index is 0.0476. The van der Waals surface area contributed by atoms with E-state index in [2.05, 4.69) is 44.5 Å². The number of ether oxygens (including phenoxy) is 2. The molecular formula is C46H58N5O8SSi+. The van der Waals surface area contributed by atoms with Crippen LogP contribution in [-0.2, 0) is 46.2 Å². The number of amides is 4. The number of esters is 1. The first-order valence-electron chi connectivity index (χ1n) is 20.7. The van der Waals surface area contributed by atoms with Crippen molar-refractivity contribution in [2.45, 2.75) is 102 Å². The van der Waals surface area contributed by atoms with Crippen molar-refractivity contribution in [1.82, 2.24) is 20.4 Å². The fraction of sp³-hybridized carbons (Fsp3) is 0.435. The predicted octanol–water partition coefficient (Wildman–Crippen LogP) is 6.17. The number of β-lactam (4-membered cyclic amide) rings is 1. The Kier molecular flexibility index (Phi) is 13.9. The third kappa shape index (κ3) is 11.2. The number of hydrogen-bond donors (Lipinski definition) is 2. The van der Waals surface area contributed by atoms with Gasteiger partial charge in [-0.25, -0.2) is 9.59 Å². The van der Waals surface area contributed by atoms with E-state index in [1.54, 1.807) is 36.3 Å². The average Bonchev–Trinajstić information content (AvgIpc) is 3.54. The second kappa shape index (κ2) is 18.8. The Morgan fingerprint density at radius 2 is 1.56 bits per heavy atom. The maximum absolute atomic E-state index is 14.5. The summed E-state index contributed by atoms with van der Waals surface area (Å²) in [7, 11) is -1.89. The normalized spacial score (nSPS) is 18.9. The molecule has 324 valence electrons. The molecule has 3 aliphatic rings. The lowest BCUT2D eigenvalue weighted by Crippen LogP contribution is -2.70. The molecule has 0 aliphatic carbocycles. The van der Waals surface area contributed by atoms with Crippen molar-refractivity contribution >= 4 is 49.9 Å². The largest absolute Gasteiger partial charge is 0.448 e. The Morgan fingerprint density at radius 3 is 2.15 bits per heavy atom. The zero-order chi connectivity index (χ0) is 44.1. The maximum atomic E-state index is 14.5. The third-order valence-electron chi connectivity index (χ3n) is 11.2. The number of thioether (sulfide) groups is 1. The van der Waals surface area contributed by atoms with E-state index in [-0.39, 0.29) is 29.1 Å². The number of likely N-dealkylation sites (tertiary alicyclic amines) is 1. The molecule has 2 saturated heterocycles. The van der Waals surface area contributed by atoms with Crippen molar-refractivity contribution < 1.29 is 42.4 Å². The summed E-state index contributed by atoms with van der Waals surface area (Å²) < 4.78 is 19.6. The smallest absolute Gasteiger partial charge is 0.408 e. The summed E-state index contributed by atoms with van der Waals surface area (Å²) in [5.41, 5.74) is 2.69. The van der Waals surface area contributed by atoms with Crippen molar-refractivity contribution in [3.05, 3.63) is 125 Å². The highest BCUT2D eigenvalue weighted by Gasteiger charge is 2.55. The summed E-state index contributed by atoms with van der Waals surface area (Å²) in [6, 6.07) is 21.6. The molecule has 3 aromatic rings. The summed E-state index contributed by atoms with van der Waals surface area (Å²) in [5, 5.41) is 5.13. The predicted molar refractivity (Wildman–Crippen MR) is 235 cm³/mol. The van der Waals surface area contributed by atoms with E-state index in [1.165, 1.54) is 16.7 Å². The van der Waals surface area contributed by atoms with Gasteiger partial charge >= 0.3 is 12.1 Å². The number of carbonyl (C=O) groups is 5. The van der Waals surface area contributed by atoms with Gasteiger partial charge in [-0.1, -0.05) is 81.4 Å². The van der Waals surface area contributed by atoms with Gasteiger partial charge in [-0.05, 0) is 73.7 Å². The molecule has 0 radical (unpaired) electrons. The molecule has 0 saturated carbocycles. The van der Waals surface area contributed by atoms with Crippen LogP contribution in [0.3, 0.4) is 0 Å². The summed E-state index contributed by atoms with van der Waals surface area (Å²) in [6.07, 6.45) is 4.31. The molecule has 1 aromatic heterocycles. The molecule has 2 N–H and O–H groups in total. The van der Waals surface area contributed by atoms with Crippen LogP contribution in [0.2, 0.25) is 18.1 Å². The fourth-order valence-corrected chi connectivity index (χ4v) is 9.29. The molecule has 0 spiro atoms. The Morgan fingerprint density at radius 1 is 0.934 bits per heavy atom. The van der Waals surface area contributed by atoms with Crippen LogP contribution >= 0.6 is 11.8 Å². The van der Waals surface area contributed by atoms with E-state index in [9.17, 15) is 24.0 Å². The highest BCUT2D eigenvalue weighted by Crippen LogP contribution is 2.43. The van der Waals surface area contributed by atoms with Gasteiger partial charge in [-0.3, -0.25) is 19.3 Å². The SMILES string of the molecule is CC(C)(C)OC(=O)N[C@@H]1C(=O)N2C(C(=O)OC(c3ccccc3)c3ccccc3)=C(/C=C3\CCN(Cc4cc[n+](CC(=O)NCCO[Si](C)(C)C(C)(C)C)cc4)C3=O)CS[C@H]12. The fourth-order valence-electron chi connectivity index (χ4n) is 6.94. The number of allylic oxidation sites excluding steroid dienone is 1. The van der Waals surface area contributed by atoms with E-state index in [0.29, 0.717) is 49.6 Å². The average molecular weight is 869 g/mol. The lowest BCUT2D eigenvalue weighted by Gasteiger charge is -2.49. The van der Waals surface area contributed by atoms with Crippen LogP contribution < -0.4 is 15.2 Å². The van der Waals surface area contributed by atoms with E-state index >= 15 is 0 Å². The Labute approximate surface area is 364 Å².